The molecule has 1 aromatic rings. The van der Waals surface area contributed by atoms with Crippen LogP contribution in [0.25, 0.3) is 0 Å². The summed E-state index contributed by atoms with van der Waals surface area (Å²) < 4.78 is 0. The first-order valence-corrected chi connectivity index (χ1v) is 5.51. The van der Waals surface area contributed by atoms with Gasteiger partial charge >= 0.3 is 0 Å². The van der Waals surface area contributed by atoms with E-state index >= 15 is 0 Å². The first kappa shape index (κ1) is 11.3. The Balaban J connectivity index is 2.71. The van der Waals surface area contributed by atoms with Gasteiger partial charge in [-0.05, 0) is 24.0 Å². The number of aliphatic hydroxyl groups excluding tert-OH is 1. The largest absolute Gasteiger partial charge is 0.396 e. The zero-order valence-corrected chi connectivity index (χ0v) is 9.16. The highest BCUT2D eigenvalue weighted by Gasteiger charge is 2.06. The van der Waals surface area contributed by atoms with Crippen LogP contribution in [0.15, 0.2) is 24.3 Å². The lowest BCUT2D eigenvalue weighted by Crippen LogP contribution is -2.02. The minimum absolute atomic E-state index is 0.254. The monoisotopic (exact) mass is 192 g/mol. The standard InChI is InChI=1S/C13H20O/c1-3-5-11-6-8-13(9-7-11)12(4-2)10-14/h6-9,12,14H,3-5,10H2,1-2H3. The van der Waals surface area contributed by atoms with Crippen molar-refractivity contribution >= 4 is 0 Å². The van der Waals surface area contributed by atoms with E-state index in [0.717, 1.165) is 12.8 Å². The van der Waals surface area contributed by atoms with Crippen molar-refractivity contribution < 1.29 is 5.11 Å². The molecule has 0 aromatic heterocycles. The Morgan fingerprint density at radius 1 is 1.14 bits per heavy atom. The topological polar surface area (TPSA) is 20.2 Å². The summed E-state index contributed by atoms with van der Waals surface area (Å²) in [5, 5.41) is 9.15. The molecule has 0 spiro atoms. The molecule has 0 heterocycles. The number of benzene rings is 1. The fourth-order valence-electron chi connectivity index (χ4n) is 1.72. The van der Waals surface area contributed by atoms with Crippen molar-refractivity contribution in [2.45, 2.75) is 39.0 Å². The fraction of sp³-hybridized carbons (Fsp3) is 0.538. The molecule has 0 radical (unpaired) electrons. The van der Waals surface area contributed by atoms with Crippen LogP contribution < -0.4 is 0 Å². The van der Waals surface area contributed by atoms with Gasteiger partial charge in [0.25, 0.3) is 0 Å². The lowest BCUT2D eigenvalue weighted by molar-refractivity contribution is 0.262. The molecule has 1 aromatic carbocycles. The molecule has 0 aliphatic heterocycles. The molecular weight excluding hydrogens is 172 g/mol. The van der Waals surface area contributed by atoms with Crippen LogP contribution in [-0.2, 0) is 6.42 Å². The zero-order valence-electron chi connectivity index (χ0n) is 9.16. The summed E-state index contributed by atoms with van der Waals surface area (Å²) in [6, 6.07) is 8.65. The van der Waals surface area contributed by atoms with Crippen LogP contribution in [0.3, 0.4) is 0 Å². The van der Waals surface area contributed by atoms with Crippen LogP contribution in [0.1, 0.15) is 43.7 Å². The van der Waals surface area contributed by atoms with Gasteiger partial charge in [0.05, 0.1) is 0 Å². The molecule has 0 aliphatic carbocycles. The SMILES string of the molecule is CCCc1ccc(C(CC)CO)cc1. The van der Waals surface area contributed by atoms with Crippen LogP contribution >= 0.6 is 0 Å². The smallest absolute Gasteiger partial charge is 0.0499 e. The van der Waals surface area contributed by atoms with Gasteiger partial charge in [0.2, 0.25) is 0 Å². The Labute approximate surface area is 86.8 Å². The molecule has 1 heteroatoms. The molecule has 0 fully saturated rings. The van der Waals surface area contributed by atoms with Gasteiger partial charge in [0, 0.05) is 12.5 Å². The van der Waals surface area contributed by atoms with E-state index in [-0.39, 0.29) is 6.61 Å². The van der Waals surface area contributed by atoms with Gasteiger partial charge in [0.15, 0.2) is 0 Å². The summed E-state index contributed by atoms with van der Waals surface area (Å²) in [7, 11) is 0. The minimum Gasteiger partial charge on any atom is -0.396 e. The van der Waals surface area contributed by atoms with E-state index in [1.807, 2.05) is 0 Å². The van der Waals surface area contributed by atoms with E-state index in [1.165, 1.54) is 17.5 Å². The molecule has 1 N–H and O–H groups in total. The molecule has 0 aliphatic rings. The van der Waals surface area contributed by atoms with Crippen molar-refractivity contribution in [2.75, 3.05) is 6.61 Å². The van der Waals surface area contributed by atoms with Crippen molar-refractivity contribution in [2.24, 2.45) is 0 Å². The lowest BCUT2D eigenvalue weighted by atomic mass is 9.96. The molecule has 0 bridgehead atoms. The van der Waals surface area contributed by atoms with Gasteiger partial charge in [-0.15, -0.1) is 0 Å². The maximum absolute atomic E-state index is 9.15. The normalized spacial score (nSPS) is 12.8. The number of aryl methyl sites for hydroxylation is 1. The van der Waals surface area contributed by atoms with Crippen molar-refractivity contribution in [3.8, 4) is 0 Å². The molecule has 1 unspecified atom stereocenters. The third-order valence-corrected chi connectivity index (χ3v) is 2.70. The lowest BCUT2D eigenvalue weighted by Gasteiger charge is -2.12. The predicted molar refractivity (Wildman–Crippen MR) is 60.6 cm³/mol. The Kier molecular flexibility index (Phi) is 4.68. The summed E-state index contributed by atoms with van der Waals surface area (Å²) in [6.45, 7) is 4.56. The molecule has 0 saturated heterocycles. The van der Waals surface area contributed by atoms with E-state index in [0.29, 0.717) is 5.92 Å². The summed E-state index contributed by atoms with van der Waals surface area (Å²) in [4.78, 5) is 0. The van der Waals surface area contributed by atoms with E-state index in [2.05, 4.69) is 38.1 Å². The third kappa shape index (κ3) is 2.85. The molecule has 1 atom stereocenters. The van der Waals surface area contributed by atoms with E-state index < -0.39 is 0 Å². The average molecular weight is 192 g/mol. The molecule has 1 nitrogen and oxygen atoms in total. The summed E-state index contributed by atoms with van der Waals surface area (Å²) in [5.41, 5.74) is 2.65. The number of aliphatic hydroxyl groups is 1. The Morgan fingerprint density at radius 2 is 1.79 bits per heavy atom. The fourth-order valence-corrected chi connectivity index (χ4v) is 1.72. The molecule has 14 heavy (non-hydrogen) atoms. The van der Waals surface area contributed by atoms with Gasteiger partial charge in [-0.1, -0.05) is 44.5 Å². The van der Waals surface area contributed by atoms with Crippen LogP contribution in [0, 0.1) is 0 Å². The van der Waals surface area contributed by atoms with Crippen LogP contribution in [0.5, 0.6) is 0 Å². The zero-order chi connectivity index (χ0) is 10.4. The van der Waals surface area contributed by atoms with E-state index in [1.54, 1.807) is 0 Å². The molecular formula is C13H20O. The van der Waals surface area contributed by atoms with Gasteiger partial charge in [-0.25, -0.2) is 0 Å². The second kappa shape index (κ2) is 5.82. The Hall–Kier alpha value is -0.820. The second-order valence-electron chi connectivity index (χ2n) is 3.78. The highest BCUT2D eigenvalue weighted by atomic mass is 16.3. The Bertz CT molecular complexity index is 246. The third-order valence-electron chi connectivity index (χ3n) is 2.70. The quantitative estimate of drug-likeness (QED) is 0.760. The second-order valence-corrected chi connectivity index (χ2v) is 3.78. The van der Waals surface area contributed by atoms with Crippen molar-refractivity contribution in [3.05, 3.63) is 35.4 Å². The maximum Gasteiger partial charge on any atom is 0.0499 e. The van der Waals surface area contributed by atoms with Crippen molar-refractivity contribution in [1.29, 1.82) is 0 Å². The Morgan fingerprint density at radius 3 is 2.21 bits per heavy atom. The summed E-state index contributed by atoms with van der Waals surface area (Å²) in [5.74, 6) is 0.311. The first-order chi connectivity index (χ1) is 6.81. The number of hydrogen-bond acceptors (Lipinski definition) is 1. The maximum atomic E-state index is 9.15. The van der Waals surface area contributed by atoms with Crippen molar-refractivity contribution in [1.82, 2.24) is 0 Å². The van der Waals surface area contributed by atoms with Gasteiger partial charge in [0.1, 0.15) is 0 Å². The molecule has 0 saturated carbocycles. The predicted octanol–water partition coefficient (Wildman–Crippen LogP) is 3.13. The molecule has 78 valence electrons. The van der Waals surface area contributed by atoms with Crippen LogP contribution in [0.2, 0.25) is 0 Å². The van der Waals surface area contributed by atoms with E-state index in [9.17, 15) is 0 Å². The number of hydrogen-bond donors (Lipinski definition) is 1. The van der Waals surface area contributed by atoms with Crippen LogP contribution in [-0.4, -0.2) is 11.7 Å². The summed E-state index contributed by atoms with van der Waals surface area (Å²) >= 11 is 0. The van der Waals surface area contributed by atoms with Gasteiger partial charge < -0.3 is 5.11 Å². The highest BCUT2D eigenvalue weighted by molar-refractivity contribution is 5.25. The van der Waals surface area contributed by atoms with Gasteiger partial charge in [-0.2, -0.15) is 0 Å². The molecule has 1 rings (SSSR count). The number of rotatable bonds is 5. The van der Waals surface area contributed by atoms with Crippen molar-refractivity contribution in [3.63, 3.8) is 0 Å². The molecule has 0 amide bonds. The minimum atomic E-state index is 0.254. The average Bonchev–Trinajstić information content (AvgIpc) is 2.23. The highest BCUT2D eigenvalue weighted by Crippen LogP contribution is 2.19. The summed E-state index contributed by atoms with van der Waals surface area (Å²) in [6.07, 6.45) is 3.34. The van der Waals surface area contributed by atoms with Crippen LogP contribution in [0.4, 0.5) is 0 Å². The van der Waals surface area contributed by atoms with Gasteiger partial charge in [-0.3, -0.25) is 0 Å². The first-order valence-electron chi connectivity index (χ1n) is 5.51. The van der Waals surface area contributed by atoms with E-state index in [4.69, 9.17) is 5.11 Å².